The van der Waals surface area contributed by atoms with Gasteiger partial charge in [0, 0.05) is 30.1 Å². The van der Waals surface area contributed by atoms with Crippen LogP contribution < -0.4 is 4.74 Å². The summed E-state index contributed by atoms with van der Waals surface area (Å²) in [6, 6.07) is 5.72. The summed E-state index contributed by atoms with van der Waals surface area (Å²) in [7, 11) is 1.63. The predicted octanol–water partition coefficient (Wildman–Crippen LogP) is 4.16. The van der Waals surface area contributed by atoms with Gasteiger partial charge in [-0.05, 0) is 43.7 Å². The first-order valence-electron chi connectivity index (χ1n) is 8.48. The topological polar surface area (TPSA) is 42.7 Å². The van der Waals surface area contributed by atoms with Crippen molar-refractivity contribution in [2.75, 3.05) is 20.2 Å². The Hall–Kier alpha value is -1.97. The highest BCUT2D eigenvalue weighted by Gasteiger charge is 2.42. The molecule has 2 aliphatic rings. The van der Waals surface area contributed by atoms with E-state index in [2.05, 4.69) is 0 Å². The normalized spacial score (nSPS) is 19.8. The Bertz CT molecular complexity index is 755. The van der Waals surface area contributed by atoms with Crippen LogP contribution in [0, 0.1) is 12.3 Å². The standard InChI is InChI=1S/C19H23NO3/c1-13-15-6-5-14(22-2)11-16(15)23-17(13)18(21)20-10-9-19(12-20)7-3-4-8-19/h5-6,11H,3-4,7-10,12H2,1-2H3. The first kappa shape index (κ1) is 14.6. The number of nitrogens with zero attached hydrogens (tertiary/aromatic N) is 1. The van der Waals surface area contributed by atoms with Crippen LogP contribution in [-0.4, -0.2) is 31.0 Å². The summed E-state index contributed by atoms with van der Waals surface area (Å²) in [6.07, 6.45) is 6.31. The van der Waals surface area contributed by atoms with Gasteiger partial charge in [0.25, 0.3) is 5.91 Å². The molecule has 2 heterocycles. The van der Waals surface area contributed by atoms with Crippen molar-refractivity contribution in [2.24, 2.45) is 5.41 Å². The van der Waals surface area contributed by atoms with E-state index in [0.29, 0.717) is 11.2 Å². The lowest BCUT2D eigenvalue weighted by Gasteiger charge is -2.23. The number of fused-ring (bicyclic) bond motifs is 1. The third-order valence-corrected chi connectivity index (χ3v) is 5.73. The quantitative estimate of drug-likeness (QED) is 0.836. The lowest BCUT2D eigenvalue weighted by molar-refractivity contribution is 0.0743. The van der Waals surface area contributed by atoms with Crippen molar-refractivity contribution in [1.82, 2.24) is 4.90 Å². The van der Waals surface area contributed by atoms with Crippen LogP contribution in [0.2, 0.25) is 0 Å². The maximum atomic E-state index is 12.9. The third-order valence-electron chi connectivity index (χ3n) is 5.73. The first-order valence-corrected chi connectivity index (χ1v) is 8.48. The number of ether oxygens (including phenoxy) is 1. The molecule has 1 saturated heterocycles. The maximum absolute atomic E-state index is 12.9. The van der Waals surface area contributed by atoms with Crippen LogP contribution in [-0.2, 0) is 0 Å². The highest BCUT2D eigenvalue weighted by Crippen LogP contribution is 2.45. The SMILES string of the molecule is COc1ccc2c(C)c(C(=O)N3CCC4(CCCC4)C3)oc2c1. The van der Waals surface area contributed by atoms with Crippen molar-refractivity contribution in [3.05, 3.63) is 29.5 Å². The van der Waals surface area contributed by atoms with E-state index in [-0.39, 0.29) is 5.91 Å². The zero-order chi connectivity index (χ0) is 16.0. The molecular formula is C19H23NO3. The molecule has 122 valence electrons. The molecule has 2 fully saturated rings. The molecule has 0 atom stereocenters. The Kier molecular flexibility index (Phi) is 3.36. The maximum Gasteiger partial charge on any atom is 0.289 e. The minimum absolute atomic E-state index is 0.0430. The molecule has 0 unspecified atom stereocenters. The molecule has 1 saturated carbocycles. The Balaban J connectivity index is 1.63. The van der Waals surface area contributed by atoms with Gasteiger partial charge in [0.05, 0.1) is 7.11 Å². The summed E-state index contributed by atoms with van der Waals surface area (Å²) in [5, 5.41) is 0.990. The Morgan fingerprint density at radius 3 is 2.78 bits per heavy atom. The Morgan fingerprint density at radius 2 is 2.04 bits per heavy atom. The number of furan rings is 1. The predicted molar refractivity (Wildman–Crippen MR) is 88.9 cm³/mol. The number of aryl methyl sites for hydroxylation is 1. The Morgan fingerprint density at radius 1 is 1.26 bits per heavy atom. The summed E-state index contributed by atoms with van der Waals surface area (Å²) in [5.74, 6) is 1.28. The lowest BCUT2D eigenvalue weighted by atomic mass is 9.86. The number of methoxy groups -OCH3 is 1. The van der Waals surface area contributed by atoms with E-state index in [4.69, 9.17) is 9.15 Å². The largest absolute Gasteiger partial charge is 0.497 e. The molecule has 4 heteroatoms. The van der Waals surface area contributed by atoms with Crippen molar-refractivity contribution in [1.29, 1.82) is 0 Å². The van der Waals surface area contributed by atoms with Crippen molar-refractivity contribution >= 4 is 16.9 Å². The van der Waals surface area contributed by atoms with Gasteiger partial charge in [-0.15, -0.1) is 0 Å². The summed E-state index contributed by atoms with van der Waals surface area (Å²) in [5.41, 5.74) is 2.04. The minimum Gasteiger partial charge on any atom is -0.497 e. The number of carbonyl (C=O) groups excluding carboxylic acids is 1. The van der Waals surface area contributed by atoms with E-state index in [9.17, 15) is 4.79 Å². The molecule has 0 N–H and O–H groups in total. The van der Waals surface area contributed by atoms with Gasteiger partial charge in [0.15, 0.2) is 5.76 Å². The van der Waals surface area contributed by atoms with Gasteiger partial charge in [-0.25, -0.2) is 0 Å². The molecule has 1 amide bonds. The average Bonchev–Trinajstić information content (AvgIpc) is 3.28. The van der Waals surface area contributed by atoms with Gasteiger partial charge in [-0.1, -0.05) is 12.8 Å². The summed E-state index contributed by atoms with van der Waals surface area (Å²) in [6.45, 7) is 3.72. The van der Waals surface area contributed by atoms with E-state index in [1.165, 1.54) is 25.7 Å². The molecule has 1 aromatic heterocycles. The summed E-state index contributed by atoms with van der Waals surface area (Å²) < 4.78 is 11.1. The second kappa shape index (κ2) is 5.29. The molecule has 1 spiro atoms. The van der Waals surface area contributed by atoms with Gasteiger partial charge in [0.1, 0.15) is 11.3 Å². The van der Waals surface area contributed by atoms with Crippen LogP contribution in [0.3, 0.4) is 0 Å². The van der Waals surface area contributed by atoms with Crippen molar-refractivity contribution < 1.29 is 13.9 Å². The average molecular weight is 313 g/mol. The molecule has 23 heavy (non-hydrogen) atoms. The minimum atomic E-state index is 0.0430. The van der Waals surface area contributed by atoms with Crippen LogP contribution in [0.15, 0.2) is 22.6 Å². The van der Waals surface area contributed by atoms with E-state index in [1.54, 1.807) is 7.11 Å². The van der Waals surface area contributed by atoms with Crippen LogP contribution in [0.25, 0.3) is 11.0 Å². The van der Waals surface area contributed by atoms with Gasteiger partial charge in [-0.3, -0.25) is 4.79 Å². The van der Waals surface area contributed by atoms with Gasteiger partial charge < -0.3 is 14.1 Å². The molecule has 1 aliphatic heterocycles. The number of hydrogen-bond donors (Lipinski definition) is 0. The van der Waals surface area contributed by atoms with E-state index in [1.807, 2.05) is 30.0 Å². The second-order valence-corrected chi connectivity index (χ2v) is 7.10. The number of rotatable bonds is 2. The monoisotopic (exact) mass is 313 g/mol. The number of carbonyl (C=O) groups is 1. The van der Waals surface area contributed by atoms with Crippen LogP contribution in [0.4, 0.5) is 0 Å². The van der Waals surface area contributed by atoms with Crippen LogP contribution >= 0.6 is 0 Å². The number of hydrogen-bond acceptors (Lipinski definition) is 3. The first-order chi connectivity index (χ1) is 11.1. The van der Waals surface area contributed by atoms with E-state index < -0.39 is 0 Å². The van der Waals surface area contributed by atoms with E-state index >= 15 is 0 Å². The molecule has 4 rings (SSSR count). The summed E-state index contributed by atoms with van der Waals surface area (Å²) >= 11 is 0. The van der Waals surface area contributed by atoms with Gasteiger partial charge >= 0.3 is 0 Å². The molecule has 4 nitrogen and oxygen atoms in total. The third kappa shape index (κ3) is 2.32. The Labute approximate surface area is 136 Å². The zero-order valence-electron chi connectivity index (χ0n) is 13.9. The number of benzene rings is 1. The van der Waals surface area contributed by atoms with Crippen molar-refractivity contribution in [2.45, 2.75) is 39.0 Å². The second-order valence-electron chi connectivity index (χ2n) is 7.10. The fourth-order valence-corrected chi connectivity index (χ4v) is 4.32. The fraction of sp³-hybridized carbons (Fsp3) is 0.526. The van der Waals surface area contributed by atoms with Crippen molar-refractivity contribution in [3.8, 4) is 5.75 Å². The lowest BCUT2D eigenvalue weighted by Crippen LogP contribution is -2.31. The fourth-order valence-electron chi connectivity index (χ4n) is 4.32. The van der Waals surface area contributed by atoms with Crippen LogP contribution in [0.1, 0.15) is 48.2 Å². The number of likely N-dealkylation sites (tertiary alicyclic amines) is 1. The van der Waals surface area contributed by atoms with Crippen LogP contribution in [0.5, 0.6) is 5.75 Å². The molecule has 1 aromatic carbocycles. The molecule has 0 bridgehead atoms. The number of amides is 1. The van der Waals surface area contributed by atoms with E-state index in [0.717, 1.165) is 41.8 Å². The highest BCUT2D eigenvalue weighted by atomic mass is 16.5. The highest BCUT2D eigenvalue weighted by molar-refractivity contribution is 5.99. The molecule has 0 radical (unpaired) electrons. The zero-order valence-corrected chi connectivity index (χ0v) is 13.9. The summed E-state index contributed by atoms with van der Waals surface area (Å²) in [4.78, 5) is 14.9. The van der Waals surface area contributed by atoms with Gasteiger partial charge in [0.2, 0.25) is 0 Å². The molecule has 1 aliphatic carbocycles. The van der Waals surface area contributed by atoms with Crippen molar-refractivity contribution in [3.63, 3.8) is 0 Å². The molecule has 2 aromatic rings. The smallest absolute Gasteiger partial charge is 0.289 e. The van der Waals surface area contributed by atoms with Gasteiger partial charge in [-0.2, -0.15) is 0 Å². The molecular weight excluding hydrogens is 290 g/mol.